The Morgan fingerprint density at radius 2 is 2.00 bits per heavy atom. The van der Waals surface area contributed by atoms with Crippen molar-refractivity contribution in [3.63, 3.8) is 0 Å². The summed E-state index contributed by atoms with van der Waals surface area (Å²) in [6.45, 7) is 9.43. The van der Waals surface area contributed by atoms with Crippen LogP contribution in [0.25, 0.3) is 0 Å². The lowest BCUT2D eigenvalue weighted by atomic mass is 9.50. The molecule has 1 aromatic rings. The van der Waals surface area contributed by atoms with Crippen LogP contribution in [0.4, 0.5) is 0 Å². The predicted molar refractivity (Wildman–Crippen MR) is 115 cm³/mol. The van der Waals surface area contributed by atoms with Gasteiger partial charge in [0, 0.05) is 30.7 Å². The number of hydrogen-bond donors (Lipinski definition) is 2. The molecule has 0 saturated heterocycles. The molecular formula is C25H37NO3. The Hall–Kier alpha value is -1.39. The zero-order chi connectivity index (χ0) is 20.6. The molecule has 0 bridgehead atoms. The summed E-state index contributed by atoms with van der Waals surface area (Å²) in [5.41, 5.74) is 1.61. The predicted octanol–water partition coefficient (Wildman–Crippen LogP) is 4.76. The first-order chi connectivity index (χ1) is 13.9. The van der Waals surface area contributed by atoms with Crippen molar-refractivity contribution >= 4 is 0 Å². The highest BCUT2D eigenvalue weighted by atomic mass is 16.5. The van der Waals surface area contributed by atoms with Crippen molar-refractivity contribution in [1.29, 1.82) is 0 Å². The van der Waals surface area contributed by atoms with Crippen LogP contribution in [0, 0.1) is 28.6 Å². The number of rotatable bonds is 5. The number of aromatic nitrogens is 1. The summed E-state index contributed by atoms with van der Waals surface area (Å²) >= 11 is 0. The molecule has 3 aliphatic carbocycles. The number of allylic oxidation sites excluding steroid dienone is 1. The van der Waals surface area contributed by atoms with Crippen LogP contribution in [-0.4, -0.2) is 34.0 Å². The van der Waals surface area contributed by atoms with Gasteiger partial charge in [-0.1, -0.05) is 32.1 Å². The minimum absolute atomic E-state index is 0.0260. The average molecular weight is 400 g/mol. The van der Waals surface area contributed by atoms with Crippen LogP contribution in [0.1, 0.15) is 65.2 Å². The van der Waals surface area contributed by atoms with Crippen molar-refractivity contribution in [2.24, 2.45) is 28.6 Å². The average Bonchev–Trinajstić information content (AvgIpc) is 3.01. The number of fused-ring (bicyclic) bond motifs is 1. The fourth-order valence-electron chi connectivity index (χ4n) is 7.01. The van der Waals surface area contributed by atoms with Gasteiger partial charge in [0.15, 0.2) is 0 Å². The van der Waals surface area contributed by atoms with Crippen molar-refractivity contribution in [1.82, 2.24) is 4.98 Å². The van der Waals surface area contributed by atoms with Crippen LogP contribution < -0.4 is 4.74 Å². The molecule has 1 aromatic heterocycles. The van der Waals surface area contributed by atoms with Crippen molar-refractivity contribution in [3.8, 4) is 5.88 Å². The van der Waals surface area contributed by atoms with E-state index in [0.717, 1.165) is 32.1 Å². The zero-order valence-corrected chi connectivity index (χ0v) is 18.0. The summed E-state index contributed by atoms with van der Waals surface area (Å²) < 4.78 is 6.43. The van der Waals surface area contributed by atoms with Gasteiger partial charge in [0.1, 0.15) is 6.10 Å². The fraction of sp³-hybridized carbons (Fsp3) is 0.720. The van der Waals surface area contributed by atoms with Crippen molar-refractivity contribution < 1.29 is 14.9 Å². The Balaban J connectivity index is 1.64. The highest BCUT2D eigenvalue weighted by Gasteiger charge is 2.57. The standard InChI is InChI=1S/C25H37NO3/c1-17-7-8-20-19(11-15-27)21(10-13-24(17,20)2)25(3)12-9-18(28)16-22(25)29-23-6-4-5-14-26-23/h4-6,14,18-22,27-28H,1,7-13,15-16H2,2-3H3. The Kier molecular flexibility index (Phi) is 5.78. The van der Waals surface area contributed by atoms with Gasteiger partial charge in [0.2, 0.25) is 5.88 Å². The summed E-state index contributed by atoms with van der Waals surface area (Å²) in [6.07, 6.45) is 9.34. The molecule has 2 N–H and O–H groups in total. The number of hydrogen-bond acceptors (Lipinski definition) is 4. The summed E-state index contributed by atoms with van der Waals surface area (Å²) in [4.78, 5) is 4.38. The van der Waals surface area contributed by atoms with Crippen LogP contribution in [-0.2, 0) is 0 Å². The van der Waals surface area contributed by atoms with E-state index in [1.54, 1.807) is 6.20 Å². The van der Waals surface area contributed by atoms with Gasteiger partial charge in [-0.25, -0.2) is 4.98 Å². The van der Waals surface area contributed by atoms with Gasteiger partial charge in [-0.15, -0.1) is 0 Å². The lowest BCUT2D eigenvalue weighted by Gasteiger charge is -2.56. The third-order valence-electron chi connectivity index (χ3n) is 8.84. The van der Waals surface area contributed by atoms with E-state index in [2.05, 4.69) is 25.4 Å². The Bertz CT molecular complexity index is 722. The number of aliphatic hydroxyl groups is 2. The molecule has 1 heterocycles. The SMILES string of the molecule is C=C1CCC2C(CCO)C(C3(C)CCC(O)CC3Oc3ccccn3)CCC12C. The lowest BCUT2D eigenvalue weighted by Crippen LogP contribution is -2.54. The fourth-order valence-corrected chi connectivity index (χ4v) is 7.01. The quantitative estimate of drug-likeness (QED) is 0.701. The Labute approximate surface area is 175 Å². The smallest absolute Gasteiger partial charge is 0.213 e. The molecule has 3 saturated carbocycles. The summed E-state index contributed by atoms with van der Waals surface area (Å²) in [5.74, 6) is 2.21. The first-order valence-electron chi connectivity index (χ1n) is 11.4. The van der Waals surface area contributed by atoms with Gasteiger partial charge in [-0.3, -0.25) is 0 Å². The van der Waals surface area contributed by atoms with Gasteiger partial charge in [0.25, 0.3) is 0 Å². The van der Waals surface area contributed by atoms with Crippen LogP contribution in [0.3, 0.4) is 0 Å². The highest BCUT2D eigenvalue weighted by Crippen LogP contribution is 2.63. The van der Waals surface area contributed by atoms with Crippen molar-refractivity contribution in [3.05, 3.63) is 36.5 Å². The molecule has 4 rings (SSSR count). The molecule has 0 amide bonds. The molecule has 0 aromatic carbocycles. The molecule has 0 spiro atoms. The summed E-state index contributed by atoms with van der Waals surface area (Å²) in [6, 6.07) is 5.75. The van der Waals surface area contributed by atoms with Crippen molar-refractivity contribution in [2.75, 3.05) is 6.61 Å². The van der Waals surface area contributed by atoms with Gasteiger partial charge in [0.05, 0.1) is 6.10 Å². The molecule has 3 fully saturated rings. The number of pyridine rings is 1. The second kappa shape index (κ2) is 8.03. The number of nitrogens with zero attached hydrogens (tertiary/aromatic N) is 1. The van der Waals surface area contributed by atoms with Crippen LogP contribution >= 0.6 is 0 Å². The van der Waals surface area contributed by atoms with E-state index < -0.39 is 0 Å². The molecule has 7 unspecified atom stereocenters. The molecule has 160 valence electrons. The molecule has 0 radical (unpaired) electrons. The third-order valence-corrected chi connectivity index (χ3v) is 8.84. The minimum atomic E-state index is -0.312. The van der Waals surface area contributed by atoms with E-state index >= 15 is 0 Å². The maximum atomic E-state index is 10.4. The van der Waals surface area contributed by atoms with Gasteiger partial charge in [-0.2, -0.15) is 0 Å². The van der Waals surface area contributed by atoms with Crippen LogP contribution in [0.15, 0.2) is 36.5 Å². The molecule has 0 aliphatic heterocycles. The highest BCUT2D eigenvalue weighted by molar-refractivity contribution is 5.21. The van der Waals surface area contributed by atoms with E-state index in [1.165, 1.54) is 18.4 Å². The first-order valence-corrected chi connectivity index (χ1v) is 11.4. The monoisotopic (exact) mass is 399 g/mol. The van der Waals surface area contributed by atoms with Gasteiger partial charge < -0.3 is 14.9 Å². The van der Waals surface area contributed by atoms with E-state index in [4.69, 9.17) is 4.74 Å². The van der Waals surface area contributed by atoms with Gasteiger partial charge >= 0.3 is 0 Å². The molecule has 4 heteroatoms. The normalized spacial score (nSPS) is 42.5. The molecular weight excluding hydrogens is 362 g/mol. The Morgan fingerprint density at radius 3 is 2.72 bits per heavy atom. The van der Waals surface area contributed by atoms with E-state index in [-0.39, 0.29) is 29.6 Å². The third kappa shape index (κ3) is 3.63. The number of ether oxygens (including phenoxy) is 1. The van der Waals surface area contributed by atoms with E-state index in [9.17, 15) is 10.2 Å². The lowest BCUT2D eigenvalue weighted by molar-refractivity contribution is -0.113. The molecule has 29 heavy (non-hydrogen) atoms. The van der Waals surface area contributed by atoms with Crippen LogP contribution in [0.5, 0.6) is 5.88 Å². The van der Waals surface area contributed by atoms with Gasteiger partial charge in [-0.05, 0) is 74.2 Å². The van der Waals surface area contributed by atoms with Crippen molar-refractivity contribution in [2.45, 2.75) is 77.4 Å². The van der Waals surface area contributed by atoms with E-state index in [1.807, 2.05) is 18.2 Å². The second-order valence-electron chi connectivity index (χ2n) is 10.2. The first kappa shape index (κ1) is 20.9. The summed E-state index contributed by atoms with van der Waals surface area (Å²) in [7, 11) is 0. The largest absolute Gasteiger partial charge is 0.474 e. The van der Waals surface area contributed by atoms with Crippen LogP contribution in [0.2, 0.25) is 0 Å². The van der Waals surface area contributed by atoms with E-state index in [0.29, 0.717) is 30.1 Å². The minimum Gasteiger partial charge on any atom is -0.474 e. The molecule has 7 atom stereocenters. The zero-order valence-electron chi connectivity index (χ0n) is 18.0. The maximum Gasteiger partial charge on any atom is 0.213 e. The Morgan fingerprint density at radius 1 is 1.17 bits per heavy atom. The molecule has 3 aliphatic rings. The topological polar surface area (TPSA) is 62.6 Å². The number of aliphatic hydroxyl groups excluding tert-OH is 2. The second-order valence-corrected chi connectivity index (χ2v) is 10.2. The molecule has 4 nitrogen and oxygen atoms in total. The summed E-state index contributed by atoms with van der Waals surface area (Å²) in [5, 5.41) is 20.4. The maximum absolute atomic E-state index is 10.4.